The number of thiophene rings is 1. The minimum atomic E-state index is -0.997. The number of anilines is 3. The van der Waals surface area contributed by atoms with Crippen molar-refractivity contribution in [1.82, 2.24) is 0 Å². The molecule has 0 aliphatic heterocycles. The Hall–Kier alpha value is -8.76. The van der Waals surface area contributed by atoms with Crippen LogP contribution in [0.3, 0.4) is 0 Å². The van der Waals surface area contributed by atoms with Gasteiger partial charge in [-0.3, -0.25) is 0 Å². The van der Waals surface area contributed by atoms with Gasteiger partial charge < -0.3 is 9.32 Å². The molecule has 1 aliphatic rings. The van der Waals surface area contributed by atoms with Crippen LogP contribution in [0.15, 0.2) is 265 Å². The Bertz CT molecular complexity index is 4730. The summed E-state index contributed by atoms with van der Waals surface area (Å²) < 4.78 is 139. The summed E-state index contributed by atoms with van der Waals surface area (Å²) in [6.07, 6.45) is 0. The first-order valence-electron chi connectivity index (χ1n) is 30.2. The summed E-state index contributed by atoms with van der Waals surface area (Å²) in [6, 6.07) is 48.9. The van der Waals surface area contributed by atoms with E-state index in [9.17, 15) is 0 Å². The molecule has 2 nitrogen and oxygen atoms in total. The predicted molar refractivity (Wildman–Crippen MR) is 295 cm³/mol. The summed E-state index contributed by atoms with van der Waals surface area (Å²) in [7, 11) is 0. The van der Waals surface area contributed by atoms with Gasteiger partial charge in [0.1, 0.15) is 11.2 Å². The standard InChI is InChI=1S/C67H43NOS/c1-4-17-44(18-5-1)45-33-35-48(36-34-45)67(59-29-12-10-25-55(59)56-26-11-13-30-60(56)67)49-23-14-24-50(41-49)68(51-37-39-61-57(42-51)65-53(27-15-31-62(65)69-61)46-19-6-2-7-20-46)52-38-40-63-58(43-52)66-54(28-16-32-64(66)70-63)47-21-8-3-9-22-47/h1-43H/i1D,2D,3D,4D,5D,6D,7D,8D,9D,17D,18D,19D,20D,21D,22D. The van der Waals surface area contributed by atoms with Gasteiger partial charge in [-0.2, -0.15) is 0 Å². The molecular formula is C67H43NOS. The summed E-state index contributed by atoms with van der Waals surface area (Å²) in [6.45, 7) is 0. The minimum Gasteiger partial charge on any atom is -0.456 e. The van der Waals surface area contributed by atoms with Gasteiger partial charge in [0.25, 0.3) is 0 Å². The summed E-state index contributed by atoms with van der Waals surface area (Å²) in [4.78, 5) is 2.10. The van der Waals surface area contributed by atoms with Crippen LogP contribution in [0, 0.1) is 0 Å². The molecule has 0 spiro atoms. The van der Waals surface area contributed by atoms with E-state index in [1.807, 2.05) is 109 Å². The lowest BCUT2D eigenvalue weighted by Crippen LogP contribution is -2.28. The average Bonchev–Trinajstić information content (AvgIpc) is 1.72. The monoisotopic (exact) mass is 924 g/mol. The van der Waals surface area contributed by atoms with Crippen LogP contribution in [0.1, 0.15) is 42.8 Å². The molecule has 0 saturated carbocycles. The fourth-order valence-corrected chi connectivity index (χ4v) is 11.8. The van der Waals surface area contributed by atoms with Gasteiger partial charge in [0.2, 0.25) is 0 Å². The van der Waals surface area contributed by atoms with Gasteiger partial charge in [-0.15, -0.1) is 11.3 Å². The summed E-state index contributed by atoms with van der Waals surface area (Å²) in [5.41, 5.74) is 9.25. The largest absolute Gasteiger partial charge is 0.456 e. The third-order valence-electron chi connectivity index (χ3n) is 13.6. The van der Waals surface area contributed by atoms with E-state index in [0.29, 0.717) is 61.1 Å². The van der Waals surface area contributed by atoms with E-state index in [1.165, 1.54) is 11.3 Å². The van der Waals surface area contributed by atoms with E-state index in [-0.39, 0.29) is 52.9 Å². The van der Waals surface area contributed by atoms with E-state index in [1.54, 1.807) is 24.3 Å². The first kappa shape index (κ1) is 27.9. The molecular weight excluding hydrogens is 867 g/mol. The molecule has 2 aromatic heterocycles. The van der Waals surface area contributed by atoms with E-state index in [2.05, 4.69) is 41.3 Å². The first-order valence-corrected chi connectivity index (χ1v) is 23.6. The molecule has 0 saturated heterocycles. The van der Waals surface area contributed by atoms with Crippen LogP contribution in [0.5, 0.6) is 0 Å². The second-order valence-corrected chi connectivity index (χ2v) is 18.3. The lowest BCUT2D eigenvalue weighted by Gasteiger charge is -2.35. The first-order chi connectivity index (χ1) is 40.9. The van der Waals surface area contributed by atoms with E-state index in [0.717, 1.165) is 48.2 Å². The molecule has 0 fully saturated rings. The third kappa shape index (κ3) is 6.25. The smallest absolute Gasteiger partial charge is 0.136 e. The Morgan fingerprint density at radius 1 is 0.371 bits per heavy atom. The van der Waals surface area contributed by atoms with Gasteiger partial charge in [-0.25, -0.2) is 0 Å². The molecule has 14 rings (SSSR count). The van der Waals surface area contributed by atoms with Crippen molar-refractivity contribution < 1.29 is 25.0 Å². The Balaban J connectivity index is 1.04. The normalized spacial score (nSPS) is 15.7. The molecule has 0 amide bonds. The van der Waals surface area contributed by atoms with Gasteiger partial charge in [-0.1, -0.05) is 200 Å². The maximum Gasteiger partial charge on any atom is 0.136 e. The van der Waals surface area contributed by atoms with E-state index >= 15 is 0 Å². The van der Waals surface area contributed by atoms with Crippen LogP contribution in [0.4, 0.5) is 17.1 Å². The second-order valence-electron chi connectivity index (χ2n) is 17.2. The predicted octanol–water partition coefficient (Wildman–Crippen LogP) is 18.8. The van der Waals surface area contributed by atoms with Crippen molar-refractivity contribution in [3.05, 3.63) is 283 Å². The van der Waals surface area contributed by atoms with Gasteiger partial charge in [0.15, 0.2) is 0 Å². The van der Waals surface area contributed by atoms with Crippen LogP contribution >= 0.6 is 11.3 Å². The summed E-state index contributed by atoms with van der Waals surface area (Å²) in [5, 5.41) is 2.63. The van der Waals surface area contributed by atoms with Crippen LogP contribution in [0.25, 0.3) is 86.6 Å². The van der Waals surface area contributed by atoms with E-state index < -0.39 is 59.8 Å². The summed E-state index contributed by atoms with van der Waals surface area (Å²) in [5.74, 6) is 0. The molecule has 1 aliphatic carbocycles. The third-order valence-corrected chi connectivity index (χ3v) is 14.7. The minimum absolute atomic E-state index is 0.0303. The van der Waals surface area contributed by atoms with E-state index in [4.69, 9.17) is 25.0 Å². The second kappa shape index (κ2) is 16.2. The number of hydrogen-bond acceptors (Lipinski definition) is 3. The highest BCUT2D eigenvalue weighted by Gasteiger charge is 2.46. The summed E-state index contributed by atoms with van der Waals surface area (Å²) >= 11 is 1.52. The zero-order valence-corrected chi connectivity index (χ0v) is 37.7. The van der Waals surface area contributed by atoms with Crippen molar-refractivity contribution in [2.24, 2.45) is 0 Å². The fourth-order valence-electron chi connectivity index (χ4n) is 10.7. The molecule has 0 N–H and O–H groups in total. The van der Waals surface area contributed by atoms with Crippen LogP contribution < -0.4 is 4.90 Å². The molecule has 328 valence electrons. The maximum atomic E-state index is 9.06. The molecule has 0 unspecified atom stereocenters. The number of nitrogens with zero attached hydrogens (tertiary/aromatic N) is 1. The molecule has 2 heterocycles. The number of rotatable bonds is 8. The topological polar surface area (TPSA) is 16.4 Å². The van der Waals surface area contributed by atoms with Crippen LogP contribution in [0.2, 0.25) is 0 Å². The number of fused-ring (bicyclic) bond motifs is 9. The zero-order valence-electron chi connectivity index (χ0n) is 51.9. The molecule has 70 heavy (non-hydrogen) atoms. The van der Waals surface area contributed by atoms with Gasteiger partial charge in [0.05, 0.1) is 26.0 Å². The van der Waals surface area contributed by atoms with Crippen molar-refractivity contribution in [2.45, 2.75) is 5.41 Å². The van der Waals surface area contributed by atoms with Crippen molar-refractivity contribution in [3.63, 3.8) is 0 Å². The number of furan rings is 1. The lowest BCUT2D eigenvalue weighted by atomic mass is 9.67. The Labute approximate surface area is 431 Å². The molecule has 0 bridgehead atoms. The number of benzene rings is 11. The van der Waals surface area contributed by atoms with Crippen LogP contribution in [-0.2, 0) is 5.41 Å². The molecule has 0 radical (unpaired) electrons. The zero-order chi connectivity index (χ0) is 59.2. The van der Waals surface area contributed by atoms with Gasteiger partial charge in [-0.05, 0) is 127 Å². The van der Waals surface area contributed by atoms with Crippen LogP contribution in [-0.4, -0.2) is 0 Å². The van der Waals surface area contributed by atoms with Crippen molar-refractivity contribution in [1.29, 1.82) is 0 Å². The molecule has 13 aromatic rings. The maximum absolute atomic E-state index is 9.06. The quantitative estimate of drug-likeness (QED) is 0.151. The SMILES string of the molecule is [2H]c1c([2H])c([2H])c(-c2ccc(C3(c4cccc(N(c5ccc6oc7cccc(-c8c([2H])c([2H])c([2H])c([2H])c8[2H])c7c6c5)c5ccc6sc7cccc(-c8c([2H])c([2H])c([2H])c([2H])c8[2H])c7c6c5)c4)c4ccccc4-c4ccccc43)cc2)c([2H])c1[2H]. The Kier molecular flexibility index (Phi) is 6.46. The number of hydrogen-bond donors (Lipinski definition) is 0. The van der Waals surface area contributed by atoms with Gasteiger partial charge >= 0.3 is 0 Å². The fraction of sp³-hybridized carbons (Fsp3) is 0.0149. The Morgan fingerprint density at radius 2 is 0.929 bits per heavy atom. The highest BCUT2D eigenvalue weighted by Crippen LogP contribution is 2.57. The van der Waals surface area contributed by atoms with Crippen molar-refractivity contribution >= 4 is 70.5 Å². The average molecular weight is 925 g/mol. The van der Waals surface area contributed by atoms with Crippen molar-refractivity contribution in [2.75, 3.05) is 4.90 Å². The molecule has 0 atom stereocenters. The Morgan fingerprint density at radius 3 is 1.61 bits per heavy atom. The molecule has 11 aromatic carbocycles. The lowest BCUT2D eigenvalue weighted by molar-refractivity contribution is 0.669. The highest BCUT2D eigenvalue weighted by atomic mass is 32.1. The molecule has 3 heteroatoms. The van der Waals surface area contributed by atoms with Crippen molar-refractivity contribution in [3.8, 4) is 44.5 Å². The van der Waals surface area contributed by atoms with Gasteiger partial charge in [0, 0.05) is 48.0 Å². The highest BCUT2D eigenvalue weighted by molar-refractivity contribution is 7.26.